The molecular formula is C15H19N3O3. The molecule has 0 aliphatic carbocycles. The molecule has 1 aliphatic heterocycles. The first-order valence-corrected chi connectivity index (χ1v) is 7.08. The van der Waals surface area contributed by atoms with E-state index in [1.807, 2.05) is 18.2 Å². The van der Waals surface area contributed by atoms with Crippen molar-refractivity contribution in [2.45, 2.75) is 18.8 Å². The van der Waals surface area contributed by atoms with E-state index in [9.17, 15) is 0 Å². The Bertz CT molecular complexity index is 606. The van der Waals surface area contributed by atoms with Crippen LogP contribution in [-0.4, -0.2) is 37.4 Å². The highest BCUT2D eigenvalue weighted by molar-refractivity contribution is 5.65. The zero-order valence-electron chi connectivity index (χ0n) is 12.3. The number of ether oxygens (including phenoxy) is 2. The molecule has 1 fully saturated rings. The van der Waals surface area contributed by atoms with Crippen molar-refractivity contribution in [3.63, 3.8) is 0 Å². The lowest BCUT2D eigenvalue weighted by atomic mass is 9.98. The fraction of sp³-hybridized carbons (Fsp3) is 0.467. The Balaban J connectivity index is 1.88. The van der Waals surface area contributed by atoms with Crippen molar-refractivity contribution >= 4 is 0 Å². The number of nitrogens with one attached hydrogen (secondary N) is 1. The van der Waals surface area contributed by atoms with Gasteiger partial charge in [0.15, 0.2) is 0 Å². The van der Waals surface area contributed by atoms with Crippen molar-refractivity contribution in [3.8, 4) is 22.9 Å². The van der Waals surface area contributed by atoms with Crippen LogP contribution in [0.1, 0.15) is 24.7 Å². The summed E-state index contributed by atoms with van der Waals surface area (Å²) in [6.07, 6.45) is 2.06. The molecule has 112 valence electrons. The van der Waals surface area contributed by atoms with Crippen molar-refractivity contribution in [3.05, 3.63) is 24.1 Å². The standard InChI is InChI=1S/C15H19N3O3/c1-19-11-3-4-12(13(9-11)20-2)14-17-15(21-18-14)10-5-7-16-8-6-10/h3-4,9-10,16H,5-8H2,1-2H3. The van der Waals surface area contributed by atoms with E-state index in [4.69, 9.17) is 14.0 Å². The average Bonchev–Trinajstić information content (AvgIpc) is 3.04. The first-order chi connectivity index (χ1) is 10.3. The quantitative estimate of drug-likeness (QED) is 0.930. The Kier molecular flexibility index (Phi) is 4.06. The lowest BCUT2D eigenvalue weighted by molar-refractivity contribution is 0.320. The number of nitrogens with zero attached hydrogens (tertiary/aromatic N) is 2. The molecule has 6 nitrogen and oxygen atoms in total. The second kappa shape index (κ2) is 6.13. The van der Waals surface area contributed by atoms with E-state index in [1.165, 1.54) is 0 Å². The van der Waals surface area contributed by atoms with E-state index in [1.54, 1.807) is 14.2 Å². The van der Waals surface area contributed by atoms with Crippen LogP contribution in [0.25, 0.3) is 11.4 Å². The predicted molar refractivity (Wildman–Crippen MR) is 77.7 cm³/mol. The van der Waals surface area contributed by atoms with Crippen molar-refractivity contribution in [1.82, 2.24) is 15.5 Å². The fourth-order valence-corrected chi connectivity index (χ4v) is 2.56. The van der Waals surface area contributed by atoms with Crippen LogP contribution in [0.2, 0.25) is 0 Å². The minimum atomic E-state index is 0.344. The van der Waals surface area contributed by atoms with Crippen LogP contribution in [0.15, 0.2) is 22.7 Å². The minimum Gasteiger partial charge on any atom is -0.497 e. The summed E-state index contributed by atoms with van der Waals surface area (Å²) in [4.78, 5) is 4.54. The number of benzene rings is 1. The van der Waals surface area contributed by atoms with Crippen LogP contribution < -0.4 is 14.8 Å². The van der Waals surface area contributed by atoms with Crippen molar-refractivity contribution in [1.29, 1.82) is 0 Å². The van der Waals surface area contributed by atoms with E-state index >= 15 is 0 Å². The van der Waals surface area contributed by atoms with Gasteiger partial charge in [-0.15, -0.1) is 0 Å². The lowest BCUT2D eigenvalue weighted by Crippen LogP contribution is -2.26. The summed E-state index contributed by atoms with van der Waals surface area (Å²) in [5.41, 5.74) is 0.808. The van der Waals surface area contributed by atoms with Gasteiger partial charge in [0.05, 0.1) is 19.8 Å². The topological polar surface area (TPSA) is 69.4 Å². The molecule has 0 bridgehead atoms. The molecule has 1 aliphatic rings. The summed E-state index contributed by atoms with van der Waals surface area (Å²) < 4.78 is 16.0. The van der Waals surface area contributed by atoms with Crippen molar-refractivity contribution in [2.75, 3.05) is 27.3 Å². The Morgan fingerprint density at radius 3 is 2.71 bits per heavy atom. The number of hydrogen-bond donors (Lipinski definition) is 1. The molecule has 21 heavy (non-hydrogen) atoms. The van der Waals surface area contributed by atoms with E-state index < -0.39 is 0 Å². The van der Waals surface area contributed by atoms with Gasteiger partial charge in [0.2, 0.25) is 11.7 Å². The number of hydrogen-bond acceptors (Lipinski definition) is 6. The Hall–Kier alpha value is -2.08. The average molecular weight is 289 g/mol. The van der Waals surface area contributed by atoms with Gasteiger partial charge in [-0.3, -0.25) is 0 Å². The molecule has 1 saturated heterocycles. The highest BCUT2D eigenvalue weighted by atomic mass is 16.5. The third-order valence-corrected chi connectivity index (χ3v) is 3.78. The molecule has 6 heteroatoms. The zero-order chi connectivity index (χ0) is 14.7. The summed E-state index contributed by atoms with van der Waals surface area (Å²) in [6.45, 7) is 1.99. The van der Waals surface area contributed by atoms with Gasteiger partial charge < -0.3 is 19.3 Å². The van der Waals surface area contributed by atoms with Gasteiger partial charge in [0.25, 0.3) is 0 Å². The number of methoxy groups -OCH3 is 2. The summed E-state index contributed by atoms with van der Waals surface area (Å²) in [5.74, 6) is 3.02. The van der Waals surface area contributed by atoms with E-state index in [0.717, 1.165) is 37.2 Å². The predicted octanol–water partition coefficient (Wildman–Crippen LogP) is 2.22. The Labute approximate surface area is 123 Å². The molecule has 1 aromatic carbocycles. The maximum absolute atomic E-state index is 5.44. The molecule has 0 radical (unpaired) electrons. The van der Waals surface area contributed by atoms with Crippen LogP contribution in [0.5, 0.6) is 11.5 Å². The second-order valence-electron chi connectivity index (χ2n) is 5.05. The lowest BCUT2D eigenvalue weighted by Gasteiger charge is -2.18. The SMILES string of the molecule is COc1ccc(-c2noc(C3CCNCC3)n2)c(OC)c1. The molecule has 0 amide bonds. The normalized spacial score (nSPS) is 15.9. The first-order valence-electron chi connectivity index (χ1n) is 7.08. The maximum atomic E-state index is 5.44. The molecular weight excluding hydrogens is 270 g/mol. The molecule has 0 saturated carbocycles. The highest BCUT2D eigenvalue weighted by Gasteiger charge is 2.22. The summed E-state index contributed by atoms with van der Waals surface area (Å²) in [7, 11) is 3.24. The maximum Gasteiger partial charge on any atom is 0.230 e. The highest BCUT2D eigenvalue weighted by Crippen LogP contribution is 2.33. The molecule has 2 aromatic rings. The fourth-order valence-electron chi connectivity index (χ4n) is 2.56. The van der Waals surface area contributed by atoms with Crippen LogP contribution in [0.3, 0.4) is 0 Å². The van der Waals surface area contributed by atoms with Gasteiger partial charge in [-0.05, 0) is 38.1 Å². The van der Waals surface area contributed by atoms with E-state index in [-0.39, 0.29) is 0 Å². The Morgan fingerprint density at radius 2 is 2.00 bits per heavy atom. The van der Waals surface area contributed by atoms with E-state index in [0.29, 0.717) is 23.4 Å². The van der Waals surface area contributed by atoms with Gasteiger partial charge in [0.1, 0.15) is 11.5 Å². The second-order valence-corrected chi connectivity index (χ2v) is 5.05. The molecule has 2 heterocycles. The summed E-state index contributed by atoms with van der Waals surface area (Å²) >= 11 is 0. The van der Waals surface area contributed by atoms with Gasteiger partial charge in [-0.1, -0.05) is 5.16 Å². The van der Waals surface area contributed by atoms with Gasteiger partial charge in [-0.25, -0.2) is 0 Å². The van der Waals surface area contributed by atoms with Gasteiger partial charge in [-0.2, -0.15) is 4.98 Å². The first kappa shape index (κ1) is 13.9. The molecule has 0 atom stereocenters. The van der Waals surface area contributed by atoms with E-state index in [2.05, 4.69) is 15.5 Å². The third-order valence-electron chi connectivity index (χ3n) is 3.78. The van der Waals surface area contributed by atoms with Crippen LogP contribution in [-0.2, 0) is 0 Å². The monoisotopic (exact) mass is 289 g/mol. The smallest absolute Gasteiger partial charge is 0.230 e. The number of aromatic nitrogens is 2. The van der Waals surface area contributed by atoms with Crippen LogP contribution >= 0.6 is 0 Å². The largest absolute Gasteiger partial charge is 0.497 e. The van der Waals surface area contributed by atoms with Crippen LogP contribution in [0, 0.1) is 0 Å². The summed E-state index contributed by atoms with van der Waals surface area (Å²) in [6, 6.07) is 5.56. The molecule has 0 unspecified atom stereocenters. The molecule has 1 N–H and O–H groups in total. The van der Waals surface area contributed by atoms with Gasteiger partial charge in [0, 0.05) is 12.0 Å². The van der Waals surface area contributed by atoms with Crippen molar-refractivity contribution in [2.24, 2.45) is 0 Å². The molecule has 0 spiro atoms. The number of piperidine rings is 1. The van der Waals surface area contributed by atoms with Crippen molar-refractivity contribution < 1.29 is 14.0 Å². The zero-order valence-corrected chi connectivity index (χ0v) is 12.3. The molecule has 3 rings (SSSR count). The van der Waals surface area contributed by atoms with Gasteiger partial charge >= 0.3 is 0 Å². The number of rotatable bonds is 4. The molecule has 1 aromatic heterocycles. The third kappa shape index (κ3) is 2.85. The minimum absolute atomic E-state index is 0.344. The van der Waals surface area contributed by atoms with Crippen LogP contribution in [0.4, 0.5) is 0 Å². The summed E-state index contributed by atoms with van der Waals surface area (Å²) in [5, 5.41) is 7.43. The Morgan fingerprint density at radius 1 is 1.19 bits per heavy atom.